The van der Waals surface area contributed by atoms with Crippen molar-refractivity contribution < 1.29 is 23.8 Å². The maximum absolute atomic E-state index is 13.1. The third-order valence-corrected chi connectivity index (χ3v) is 5.00. The first kappa shape index (κ1) is 21.2. The molecule has 0 radical (unpaired) electrons. The Morgan fingerprint density at radius 3 is 2.63 bits per heavy atom. The topological polar surface area (TPSA) is 68.3 Å². The number of carbonyl (C=O) groups is 2. The molecular weight excluding hydrogens is 348 g/mol. The van der Waals surface area contributed by atoms with Gasteiger partial charge in [-0.3, -0.25) is 9.59 Å². The quantitative estimate of drug-likeness (QED) is 0.655. The molecule has 1 fully saturated rings. The van der Waals surface area contributed by atoms with Gasteiger partial charge in [-0.2, -0.15) is 0 Å². The molecule has 1 aromatic rings. The minimum absolute atomic E-state index is 0.0230. The normalized spacial score (nSPS) is 19.9. The number of benzene rings is 1. The largest absolute Gasteiger partial charge is 0.497 e. The van der Waals surface area contributed by atoms with Crippen LogP contribution in [0.5, 0.6) is 5.75 Å². The Morgan fingerprint density at radius 1 is 1.22 bits per heavy atom. The van der Waals surface area contributed by atoms with Gasteiger partial charge in [-0.15, -0.1) is 0 Å². The van der Waals surface area contributed by atoms with Gasteiger partial charge in [0.15, 0.2) is 0 Å². The smallest absolute Gasteiger partial charge is 0.227 e. The van der Waals surface area contributed by atoms with Gasteiger partial charge in [-0.25, -0.2) is 0 Å². The van der Waals surface area contributed by atoms with Crippen molar-refractivity contribution in [3.63, 3.8) is 0 Å². The number of likely N-dealkylation sites (N-methyl/N-ethyl adjacent to an activating group) is 1. The van der Waals surface area contributed by atoms with Gasteiger partial charge in [0.2, 0.25) is 11.8 Å². The molecule has 150 valence electrons. The molecule has 1 saturated heterocycles. The second kappa shape index (κ2) is 10.3. The average Bonchev–Trinajstić information content (AvgIpc) is 2.70. The molecule has 1 aliphatic rings. The van der Waals surface area contributed by atoms with Crippen molar-refractivity contribution >= 4 is 11.8 Å². The summed E-state index contributed by atoms with van der Waals surface area (Å²) in [7, 11) is 6.61. The highest BCUT2D eigenvalue weighted by atomic mass is 16.5. The van der Waals surface area contributed by atoms with Crippen LogP contribution < -0.4 is 4.74 Å². The number of ether oxygens (including phenoxy) is 3. The van der Waals surface area contributed by atoms with Crippen molar-refractivity contribution in [1.29, 1.82) is 0 Å². The molecule has 1 aliphatic heterocycles. The molecule has 0 aliphatic carbocycles. The van der Waals surface area contributed by atoms with Crippen molar-refractivity contribution in [2.45, 2.75) is 18.9 Å². The Hall–Kier alpha value is -2.12. The second-order valence-corrected chi connectivity index (χ2v) is 6.70. The summed E-state index contributed by atoms with van der Waals surface area (Å²) >= 11 is 0. The highest BCUT2D eigenvalue weighted by Gasteiger charge is 2.41. The zero-order valence-corrected chi connectivity index (χ0v) is 16.6. The van der Waals surface area contributed by atoms with Crippen LogP contribution in [0.2, 0.25) is 0 Å². The number of nitrogens with zero attached hydrogens (tertiary/aromatic N) is 2. The molecule has 1 heterocycles. The summed E-state index contributed by atoms with van der Waals surface area (Å²) in [5, 5.41) is 0. The van der Waals surface area contributed by atoms with E-state index in [1.54, 1.807) is 38.2 Å². The number of carbonyl (C=O) groups excluding carboxylic acids is 2. The zero-order valence-electron chi connectivity index (χ0n) is 16.6. The Balaban J connectivity index is 2.36. The molecule has 2 amide bonds. The molecule has 0 spiro atoms. The molecule has 0 N–H and O–H groups in total. The van der Waals surface area contributed by atoms with E-state index in [-0.39, 0.29) is 23.8 Å². The van der Waals surface area contributed by atoms with Gasteiger partial charge in [0, 0.05) is 40.8 Å². The molecule has 0 aromatic heterocycles. The van der Waals surface area contributed by atoms with E-state index in [4.69, 9.17) is 14.2 Å². The summed E-state index contributed by atoms with van der Waals surface area (Å²) in [5.74, 6) is 0.461. The standard InChI is InChI=1S/C20H30N2O5/c1-21(10-12-25-2)20(24)17-8-9-18(23)22(11-13-26-3)19(17)15-6-5-7-16(14-15)27-4/h5-7,14,17,19H,8-13H2,1-4H3/t17-,19+/m1/s1. The highest BCUT2D eigenvalue weighted by molar-refractivity contribution is 5.85. The molecule has 1 aromatic carbocycles. The SMILES string of the molecule is COCCN(C)C(=O)[C@@H]1CCC(=O)N(CCOC)[C@H]1c1cccc(OC)c1. The molecule has 0 saturated carbocycles. The average molecular weight is 378 g/mol. The van der Waals surface area contributed by atoms with Gasteiger partial charge >= 0.3 is 0 Å². The van der Waals surface area contributed by atoms with Gasteiger partial charge in [-0.05, 0) is 24.1 Å². The van der Waals surface area contributed by atoms with Gasteiger partial charge < -0.3 is 24.0 Å². The van der Waals surface area contributed by atoms with Gasteiger partial charge in [0.05, 0.1) is 32.3 Å². The first-order valence-corrected chi connectivity index (χ1v) is 9.19. The first-order chi connectivity index (χ1) is 13.0. The number of methoxy groups -OCH3 is 3. The number of hydrogen-bond donors (Lipinski definition) is 0. The lowest BCUT2D eigenvalue weighted by atomic mass is 9.83. The van der Waals surface area contributed by atoms with E-state index >= 15 is 0 Å². The van der Waals surface area contributed by atoms with Crippen LogP contribution in [-0.4, -0.2) is 76.3 Å². The molecular formula is C20H30N2O5. The Bertz CT molecular complexity index is 637. The Morgan fingerprint density at radius 2 is 1.96 bits per heavy atom. The zero-order chi connectivity index (χ0) is 19.8. The monoisotopic (exact) mass is 378 g/mol. The van der Waals surface area contributed by atoms with Crippen LogP contribution in [0, 0.1) is 5.92 Å². The van der Waals surface area contributed by atoms with Gasteiger partial charge in [0.25, 0.3) is 0 Å². The van der Waals surface area contributed by atoms with Crippen LogP contribution in [0.1, 0.15) is 24.4 Å². The van der Waals surface area contributed by atoms with Crippen LogP contribution in [0.15, 0.2) is 24.3 Å². The third-order valence-electron chi connectivity index (χ3n) is 5.00. The molecule has 7 heteroatoms. The molecule has 2 rings (SSSR count). The van der Waals surface area contributed by atoms with E-state index < -0.39 is 0 Å². The summed E-state index contributed by atoms with van der Waals surface area (Å²) in [6.45, 7) is 1.86. The molecule has 0 bridgehead atoms. The summed E-state index contributed by atoms with van der Waals surface area (Å²) < 4.78 is 15.6. The summed E-state index contributed by atoms with van der Waals surface area (Å²) in [6.07, 6.45) is 0.888. The van der Waals surface area contributed by atoms with Crippen LogP contribution >= 0.6 is 0 Å². The van der Waals surface area contributed by atoms with Crippen molar-refractivity contribution in [2.75, 3.05) is 54.7 Å². The van der Waals surface area contributed by atoms with E-state index in [1.165, 1.54) is 0 Å². The van der Waals surface area contributed by atoms with E-state index in [0.29, 0.717) is 44.9 Å². The fourth-order valence-electron chi connectivity index (χ4n) is 3.52. The van der Waals surface area contributed by atoms with Crippen molar-refractivity contribution in [3.8, 4) is 5.75 Å². The fourth-order valence-corrected chi connectivity index (χ4v) is 3.52. The lowest BCUT2D eigenvalue weighted by Crippen LogP contribution is -2.49. The number of rotatable bonds is 9. The van der Waals surface area contributed by atoms with Gasteiger partial charge in [0.1, 0.15) is 5.75 Å². The van der Waals surface area contributed by atoms with Crippen LogP contribution in [0.25, 0.3) is 0 Å². The fraction of sp³-hybridized carbons (Fsp3) is 0.600. The number of likely N-dealkylation sites (tertiary alicyclic amines) is 1. The predicted octanol–water partition coefficient (Wildman–Crippen LogP) is 1.73. The lowest BCUT2D eigenvalue weighted by Gasteiger charge is -2.42. The van der Waals surface area contributed by atoms with Crippen molar-refractivity contribution in [1.82, 2.24) is 9.80 Å². The molecule has 0 unspecified atom stereocenters. The van der Waals surface area contributed by atoms with Crippen molar-refractivity contribution in [2.24, 2.45) is 5.92 Å². The minimum atomic E-state index is -0.339. The van der Waals surface area contributed by atoms with Gasteiger partial charge in [-0.1, -0.05) is 12.1 Å². The number of hydrogen-bond acceptors (Lipinski definition) is 5. The van der Waals surface area contributed by atoms with E-state index in [2.05, 4.69) is 0 Å². The summed E-state index contributed by atoms with van der Waals surface area (Å²) in [4.78, 5) is 29.2. The maximum atomic E-state index is 13.1. The van der Waals surface area contributed by atoms with E-state index in [1.807, 2.05) is 24.3 Å². The Kier molecular flexibility index (Phi) is 8.06. The Labute approximate surface area is 161 Å². The highest BCUT2D eigenvalue weighted by Crippen LogP contribution is 2.38. The second-order valence-electron chi connectivity index (χ2n) is 6.70. The summed E-state index contributed by atoms with van der Waals surface area (Å²) in [5.41, 5.74) is 0.900. The van der Waals surface area contributed by atoms with Crippen molar-refractivity contribution in [3.05, 3.63) is 29.8 Å². The number of amides is 2. The summed E-state index contributed by atoms with van der Waals surface area (Å²) in [6, 6.07) is 7.25. The first-order valence-electron chi connectivity index (χ1n) is 9.19. The maximum Gasteiger partial charge on any atom is 0.227 e. The molecule has 7 nitrogen and oxygen atoms in total. The number of piperidine rings is 1. The molecule has 27 heavy (non-hydrogen) atoms. The molecule has 2 atom stereocenters. The lowest BCUT2D eigenvalue weighted by molar-refractivity contribution is -0.148. The predicted molar refractivity (Wildman–Crippen MR) is 102 cm³/mol. The third kappa shape index (κ3) is 5.20. The van der Waals surface area contributed by atoms with Crippen LogP contribution in [0.4, 0.5) is 0 Å². The van der Waals surface area contributed by atoms with E-state index in [9.17, 15) is 9.59 Å². The van der Waals surface area contributed by atoms with Crippen LogP contribution in [0.3, 0.4) is 0 Å². The minimum Gasteiger partial charge on any atom is -0.497 e. The van der Waals surface area contributed by atoms with E-state index in [0.717, 1.165) is 5.56 Å². The van der Waals surface area contributed by atoms with Crippen LogP contribution in [-0.2, 0) is 19.1 Å².